The van der Waals surface area contributed by atoms with E-state index in [1.807, 2.05) is 0 Å². The lowest BCUT2D eigenvalue weighted by molar-refractivity contribution is 0.0333. The fourth-order valence-corrected chi connectivity index (χ4v) is 2.51. The molecule has 0 heterocycles. The van der Waals surface area contributed by atoms with Crippen LogP contribution in [0.4, 0.5) is 0 Å². The zero-order valence-corrected chi connectivity index (χ0v) is 13.5. The Kier molecular flexibility index (Phi) is 7.20. The van der Waals surface area contributed by atoms with Gasteiger partial charge in [-0.2, -0.15) is 0 Å². The average molecular weight is 279 g/mol. The number of nitrogens with two attached hydrogens (primary N) is 1. The molecule has 1 aromatic carbocycles. The van der Waals surface area contributed by atoms with Crippen LogP contribution in [0.3, 0.4) is 0 Å². The maximum Gasteiger partial charge on any atom is 0.0701 e. The molecule has 0 radical (unpaired) electrons. The van der Waals surface area contributed by atoms with Crippen molar-refractivity contribution in [2.75, 3.05) is 26.4 Å². The minimum Gasteiger partial charge on any atom is -0.379 e. The Labute approximate surface area is 123 Å². The Morgan fingerprint density at radius 2 is 1.45 bits per heavy atom. The van der Waals surface area contributed by atoms with Crippen LogP contribution in [0.15, 0.2) is 12.1 Å². The average Bonchev–Trinajstić information content (AvgIpc) is 2.31. The molecule has 0 spiro atoms. The first-order valence-electron chi connectivity index (χ1n) is 7.40. The van der Waals surface area contributed by atoms with Gasteiger partial charge in [-0.3, -0.25) is 0 Å². The Morgan fingerprint density at radius 3 is 1.95 bits per heavy atom. The molecule has 0 aliphatic heterocycles. The molecule has 114 valence electrons. The van der Waals surface area contributed by atoms with Crippen molar-refractivity contribution in [1.82, 2.24) is 0 Å². The van der Waals surface area contributed by atoms with Crippen LogP contribution in [0.1, 0.15) is 42.1 Å². The van der Waals surface area contributed by atoms with Crippen LogP contribution in [0, 0.1) is 26.7 Å². The fourth-order valence-electron chi connectivity index (χ4n) is 2.51. The van der Waals surface area contributed by atoms with Crippen LogP contribution in [0.2, 0.25) is 0 Å². The van der Waals surface area contributed by atoms with Crippen LogP contribution in [0.5, 0.6) is 0 Å². The van der Waals surface area contributed by atoms with E-state index >= 15 is 0 Å². The van der Waals surface area contributed by atoms with E-state index in [9.17, 15) is 0 Å². The standard InChI is InChI=1S/C17H29NO2/c1-12(2)10-19-6-7-20-11-16(18)17-14(4)8-13(3)9-15(17)5/h8-9,12,16H,6-7,10-11,18H2,1-5H3. The van der Waals surface area contributed by atoms with Crippen LogP contribution in [-0.2, 0) is 9.47 Å². The van der Waals surface area contributed by atoms with Crippen molar-refractivity contribution >= 4 is 0 Å². The third kappa shape index (κ3) is 5.61. The van der Waals surface area contributed by atoms with Gasteiger partial charge in [0.25, 0.3) is 0 Å². The number of aryl methyl sites for hydroxylation is 3. The van der Waals surface area contributed by atoms with Gasteiger partial charge in [-0.25, -0.2) is 0 Å². The molecular formula is C17H29NO2. The normalized spacial score (nSPS) is 12.9. The van der Waals surface area contributed by atoms with E-state index in [-0.39, 0.29) is 6.04 Å². The largest absolute Gasteiger partial charge is 0.379 e. The van der Waals surface area contributed by atoms with Crippen molar-refractivity contribution in [3.8, 4) is 0 Å². The summed E-state index contributed by atoms with van der Waals surface area (Å²) in [4.78, 5) is 0. The summed E-state index contributed by atoms with van der Waals surface area (Å²) in [6, 6.07) is 4.28. The Hall–Kier alpha value is -0.900. The van der Waals surface area contributed by atoms with Gasteiger partial charge in [0.05, 0.1) is 25.9 Å². The highest BCUT2D eigenvalue weighted by Crippen LogP contribution is 2.22. The molecule has 0 aliphatic rings. The van der Waals surface area contributed by atoms with Crippen molar-refractivity contribution in [3.63, 3.8) is 0 Å². The lowest BCUT2D eigenvalue weighted by Crippen LogP contribution is -2.21. The Bertz CT molecular complexity index is 392. The molecule has 0 aromatic heterocycles. The topological polar surface area (TPSA) is 44.5 Å². The predicted molar refractivity (Wildman–Crippen MR) is 84.1 cm³/mol. The van der Waals surface area contributed by atoms with E-state index in [2.05, 4.69) is 46.8 Å². The van der Waals surface area contributed by atoms with Gasteiger partial charge in [-0.05, 0) is 43.4 Å². The molecule has 0 fully saturated rings. The number of benzene rings is 1. The highest BCUT2D eigenvalue weighted by Gasteiger charge is 2.12. The van der Waals surface area contributed by atoms with E-state index < -0.39 is 0 Å². The lowest BCUT2D eigenvalue weighted by atomic mass is 9.95. The van der Waals surface area contributed by atoms with Gasteiger partial charge in [0, 0.05) is 6.61 Å². The van der Waals surface area contributed by atoms with Crippen LogP contribution in [-0.4, -0.2) is 26.4 Å². The van der Waals surface area contributed by atoms with E-state index in [1.54, 1.807) is 0 Å². The minimum absolute atomic E-state index is 0.0688. The molecule has 20 heavy (non-hydrogen) atoms. The van der Waals surface area contributed by atoms with Gasteiger partial charge in [0.2, 0.25) is 0 Å². The van der Waals surface area contributed by atoms with Crippen molar-refractivity contribution in [2.45, 2.75) is 40.7 Å². The first-order valence-corrected chi connectivity index (χ1v) is 7.40. The van der Waals surface area contributed by atoms with Gasteiger partial charge < -0.3 is 15.2 Å². The number of hydrogen-bond donors (Lipinski definition) is 1. The molecule has 1 aromatic rings. The number of hydrogen-bond acceptors (Lipinski definition) is 3. The molecule has 1 atom stereocenters. The molecule has 0 amide bonds. The second-order valence-corrected chi connectivity index (χ2v) is 5.96. The summed E-state index contributed by atoms with van der Waals surface area (Å²) in [5, 5.41) is 0. The molecule has 2 N–H and O–H groups in total. The predicted octanol–water partition coefficient (Wildman–Crippen LogP) is 3.30. The van der Waals surface area contributed by atoms with Crippen LogP contribution < -0.4 is 5.73 Å². The molecule has 3 nitrogen and oxygen atoms in total. The summed E-state index contributed by atoms with van der Waals surface area (Å²) in [5.41, 5.74) is 11.2. The molecule has 1 rings (SSSR count). The zero-order chi connectivity index (χ0) is 15.1. The van der Waals surface area contributed by atoms with Crippen molar-refractivity contribution < 1.29 is 9.47 Å². The highest BCUT2D eigenvalue weighted by molar-refractivity contribution is 5.39. The van der Waals surface area contributed by atoms with Crippen molar-refractivity contribution in [2.24, 2.45) is 11.7 Å². The van der Waals surface area contributed by atoms with Crippen molar-refractivity contribution in [1.29, 1.82) is 0 Å². The molecule has 0 saturated carbocycles. The maximum absolute atomic E-state index is 6.24. The summed E-state index contributed by atoms with van der Waals surface area (Å²) in [5.74, 6) is 0.565. The lowest BCUT2D eigenvalue weighted by Gasteiger charge is -2.18. The van der Waals surface area contributed by atoms with Gasteiger partial charge in [0.1, 0.15) is 0 Å². The summed E-state index contributed by atoms with van der Waals surface area (Å²) in [7, 11) is 0. The minimum atomic E-state index is -0.0688. The summed E-state index contributed by atoms with van der Waals surface area (Å²) < 4.78 is 11.1. The van der Waals surface area contributed by atoms with E-state index in [4.69, 9.17) is 15.2 Å². The second kappa shape index (κ2) is 8.40. The van der Waals surface area contributed by atoms with E-state index in [1.165, 1.54) is 22.3 Å². The molecule has 0 bridgehead atoms. The van der Waals surface area contributed by atoms with Gasteiger partial charge in [-0.15, -0.1) is 0 Å². The van der Waals surface area contributed by atoms with Gasteiger partial charge >= 0.3 is 0 Å². The Morgan fingerprint density at radius 1 is 0.950 bits per heavy atom. The first kappa shape index (κ1) is 17.2. The number of ether oxygens (including phenoxy) is 2. The van der Waals surface area contributed by atoms with Gasteiger partial charge in [-0.1, -0.05) is 31.5 Å². The molecule has 0 saturated heterocycles. The molecular weight excluding hydrogens is 250 g/mol. The summed E-state index contributed by atoms with van der Waals surface area (Å²) in [6.07, 6.45) is 0. The highest BCUT2D eigenvalue weighted by atomic mass is 16.5. The quantitative estimate of drug-likeness (QED) is 0.743. The maximum atomic E-state index is 6.24. The molecule has 0 aliphatic carbocycles. The first-order chi connectivity index (χ1) is 9.41. The van der Waals surface area contributed by atoms with Crippen molar-refractivity contribution in [3.05, 3.63) is 34.4 Å². The number of rotatable bonds is 8. The molecule has 3 heteroatoms. The smallest absolute Gasteiger partial charge is 0.0701 e. The monoisotopic (exact) mass is 279 g/mol. The Balaban J connectivity index is 2.38. The summed E-state index contributed by atoms with van der Waals surface area (Å²) >= 11 is 0. The van der Waals surface area contributed by atoms with Crippen LogP contribution in [0.25, 0.3) is 0 Å². The zero-order valence-electron chi connectivity index (χ0n) is 13.5. The summed E-state index contributed by atoms with van der Waals surface area (Å²) in [6.45, 7) is 13.2. The van der Waals surface area contributed by atoms with Gasteiger partial charge in [0.15, 0.2) is 0 Å². The van der Waals surface area contributed by atoms with Crippen LogP contribution >= 0.6 is 0 Å². The molecule has 1 unspecified atom stereocenters. The fraction of sp³-hybridized carbons (Fsp3) is 0.647. The third-order valence-corrected chi connectivity index (χ3v) is 3.23. The van der Waals surface area contributed by atoms with E-state index in [0.29, 0.717) is 25.7 Å². The third-order valence-electron chi connectivity index (χ3n) is 3.23. The second-order valence-electron chi connectivity index (χ2n) is 5.96. The SMILES string of the molecule is Cc1cc(C)c(C(N)COCCOCC(C)C)c(C)c1. The van der Waals surface area contributed by atoms with E-state index in [0.717, 1.165) is 6.61 Å².